The van der Waals surface area contributed by atoms with E-state index in [-0.39, 0.29) is 17.6 Å². The minimum absolute atomic E-state index is 0.0729. The molecular formula is C15H20FN3O2. The number of benzene rings is 1. The zero-order valence-corrected chi connectivity index (χ0v) is 12.2. The Kier molecular flexibility index (Phi) is 4.77. The maximum atomic E-state index is 13.6. The van der Waals surface area contributed by atoms with Gasteiger partial charge < -0.3 is 16.0 Å². The molecule has 0 aromatic heterocycles. The van der Waals surface area contributed by atoms with Crippen LogP contribution in [0.25, 0.3) is 0 Å². The number of rotatable bonds is 3. The summed E-state index contributed by atoms with van der Waals surface area (Å²) in [5.41, 5.74) is 0.965. The van der Waals surface area contributed by atoms with E-state index in [1.807, 2.05) is 13.8 Å². The normalized spacial score (nSPS) is 21.6. The van der Waals surface area contributed by atoms with Crippen LogP contribution in [0.3, 0.4) is 0 Å². The number of urea groups is 1. The van der Waals surface area contributed by atoms with Crippen molar-refractivity contribution in [1.29, 1.82) is 0 Å². The number of hydrogen-bond donors (Lipinski definition) is 3. The summed E-state index contributed by atoms with van der Waals surface area (Å²) in [7, 11) is 0. The molecule has 5 nitrogen and oxygen atoms in total. The number of amides is 3. The van der Waals surface area contributed by atoms with Crippen molar-refractivity contribution in [2.45, 2.75) is 32.7 Å². The van der Waals surface area contributed by atoms with Crippen molar-refractivity contribution in [3.05, 3.63) is 29.6 Å². The van der Waals surface area contributed by atoms with Crippen LogP contribution in [0, 0.1) is 11.7 Å². The van der Waals surface area contributed by atoms with Crippen LogP contribution in [-0.2, 0) is 11.2 Å². The molecule has 114 valence electrons. The lowest BCUT2D eigenvalue weighted by Gasteiger charge is -2.28. The van der Waals surface area contributed by atoms with E-state index < -0.39 is 12.1 Å². The number of carbonyl (C=O) groups is 2. The average Bonchev–Trinajstić information content (AvgIpc) is 2.43. The largest absolute Gasteiger partial charge is 0.354 e. The van der Waals surface area contributed by atoms with Crippen molar-refractivity contribution in [3.8, 4) is 0 Å². The van der Waals surface area contributed by atoms with Gasteiger partial charge in [0.25, 0.3) is 0 Å². The predicted molar refractivity (Wildman–Crippen MR) is 78.5 cm³/mol. The Morgan fingerprint density at radius 2 is 2.24 bits per heavy atom. The number of anilines is 1. The molecule has 1 fully saturated rings. The second kappa shape index (κ2) is 6.56. The van der Waals surface area contributed by atoms with Gasteiger partial charge in [0.15, 0.2) is 0 Å². The van der Waals surface area contributed by atoms with E-state index in [1.165, 1.54) is 6.07 Å². The van der Waals surface area contributed by atoms with E-state index in [2.05, 4.69) is 16.0 Å². The van der Waals surface area contributed by atoms with Gasteiger partial charge in [-0.15, -0.1) is 0 Å². The predicted octanol–water partition coefficient (Wildman–Crippen LogP) is 2.03. The second-order valence-corrected chi connectivity index (χ2v) is 5.29. The number of piperidine rings is 1. The van der Waals surface area contributed by atoms with E-state index in [9.17, 15) is 14.0 Å². The summed E-state index contributed by atoms with van der Waals surface area (Å²) in [6.45, 7) is 4.41. The molecule has 6 heteroatoms. The molecule has 0 spiro atoms. The van der Waals surface area contributed by atoms with E-state index in [1.54, 1.807) is 12.1 Å². The van der Waals surface area contributed by atoms with Gasteiger partial charge in [-0.1, -0.05) is 19.9 Å². The molecule has 0 aliphatic carbocycles. The zero-order valence-electron chi connectivity index (χ0n) is 12.2. The average molecular weight is 293 g/mol. The van der Waals surface area contributed by atoms with Gasteiger partial charge in [0.1, 0.15) is 11.9 Å². The van der Waals surface area contributed by atoms with Gasteiger partial charge in [0, 0.05) is 12.2 Å². The highest BCUT2D eigenvalue weighted by Crippen LogP contribution is 2.16. The van der Waals surface area contributed by atoms with Gasteiger partial charge in [-0.05, 0) is 36.5 Å². The van der Waals surface area contributed by atoms with E-state index >= 15 is 0 Å². The number of hydrogen-bond acceptors (Lipinski definition) is 2. The first-order valence-corrected chi connectivity index (χ1v) is 7.15. The summed E-state index contributed by atoms with van der Waals surface area (Å²) >= 11 is 0. The third-order valence-electron chi connectivity index (χ3n) is 3.73. The van der Waals surface area contributed by atoms with E-state index in [0.29, 0.717) is 24.2 Å². The van der Waals surface area contributed by atoms with E-state index in [0.717, 1.165) is 6.42 Å². The molecule has 0 bridgehead atoms. The molecule has 1 heterocycles. The van der Waals surface area contributed by atoms with Crippen molar-refractivity contribution in [2.24, 2.45) is 5.92 Å². The first-order chi connectivity index (χ1) is 10.0. The lowest BCUT2D eigenvalue weighted by Crippen LogP contribution is -2.55. The second-order valence-electron chi connectivity index (χ2n) is 5.29. The quantitative estimate of drug-likeness (QED) is 0.798. The van der Waals surface area contributed by atoms with Crippen LogP contribution in [0.5, 0.6) is 0 Å². The van der Waals surface area contributed by atoms with Crippen LogP contribution in [0.15, 0.2) is 18.2 Å². The molecule has 2 atom stereocenters. The van der Waals surface area contributed by atoms with Crippen LogP contribution in [0.2, 0.25) is 0 Å². The number of halogens is 1. The van der Waals surface area contributed by atoms with Crippen LogP contribution in [-0.4, -0.2) is 24.5 Å². The van der Waals surface area contributed by atoms with Gasteiger partial charge in [-0.25, -0.2) is 9.18 Å². The SMILES string of the molecule is CCc1ccc(NC(=O)NC2C(=O)NCCC2C)cc1F. The van der Waals surface area contributed by atoms with Crippen molar-refractivity contribution in [1.82, 2.24) is 10.6 Å². The van der Waals surface area contributed by atoms with Gasteiger partial charge in [0.2, 0.25) is 5.91 Å². The third kappa shape index (κ3) is 3.71. The van der Waals surface area contributed by atoms with E-state index in [4.69, 9.17) is 0 Å². The Hall–Kier alpha value is -2.11. The number of nitrogens with one attached hydrogen (secondary N) is 3. The van der Waals surface area contributed by atoms with Gasteiger partial charge in [-0.3, -0.25) is 4.79 Å². The topological polar surface area (TPSA) is 70.2 Å². The molecule has 1 saturated heterocycles. The Balaban J connectivity index is 1.98. The van der Waals surface area contributed by atoms with Crippen LogP contribution >= 0.6 is 0 Å². The molecule has 21 heavy (non-hydrogen) atoms. The highest BCUT2D eigenvalue weighted by atomic mass is 19.1. The van der Waals surface area contributed by atoms with Crippen molar-refractivity contribution < 1.29 is 14.0 Å². The van der Waals surface area contributed by atoms with Gasteiger partial charge in [0.05, 0.1) is 0 Å². The van der Waals surface area contributed by atoms with Crippen molar-refractivity contribution in [3.63, 3.8) is 0 Å². The molecular weight excluding hydrogens is 273 g/mol. The first-order valence-electron chi connectivity index (χ1n) is 7.15. The molecule has 1 aliphatic heterocycles. The highest BCUT2D eigenvalue weighted by Gasteiger charge is 2.30. The van der Waals surface area contributed by atoms with Crippen LogP contribution < -0.4 is 16.0 Å². The fraction of sp³-hybridized carbons (Fsp3) is 0.467. The van der Waals surface area contributed by atoms with Crippen LogP contribution in [0.4, 0.5) is 14.9 Å². The standard InChI is InChI=1S/C15H20FN3O2/c1-3-10-4-5-11(8-12(10)16)18-15(21)19-13-9(2)6-7-17-14(13)20/h4-5,8-9,13H,3,6-7H2,1-2H3,(H,17,20)(H2,18,19,21). The summed E-state index contributed by atoms with van der Waals surface area (Å²) < 4.78 is 13.6. The summed E-state index contributed by atoms with van der Waals surface area (Å²) in [6.07, 6.45) is 1.41. The minimum Gasteiger partial charge on any atom is -0.354 e. The van der Waals surface area contributed by atoms with Gasteiger partial charge >= 0.3 is 6.03 Å². The summed E-state index contributed by atoms with van der Waals surface area (Å²) in [4.78, 5) is 23.6. The smallest absolute Gasteiger partial charge is 0.319 e. The Morgan fingerprint density at radius 1 is 1.48 bits per heavy atom. The summed E-state index contributed by atoms with van der Waals surface area (Å²) in [5, 5.41) is 7.90. The lowest BCUT2D eigenvalue weighted by molar-refractivity contribution is -0.125. The molecule has 0 saturated carbocycles. The Bertz CT molecular complexity index is 548. The molecule has 1 aromatic carbocycles. The van der Waals surface area contributed by atoms with Crippen molar-refractivity contribution in [2.75, 3.05) is 11.9 Å². The van der Waals surface area contributed by atoms with Crippen molar-refractivity contribution >= 4 is 17.6 Å². The Labute approximate surface area is 123 Å². The monoisotopic (exact) mass is 293 g/mol. The Morgan fingerprint density at radius 3 is 2.86 bits per heavy atom. The molecule has 1 aliphatic rings. The van der Waals surface area contributed by atoms with Gasteiger partial charge in [-0.2, -0.15) is 0 Å². The molecule has 3 amide bonds. The number of carbonyl (C=O) groups excluding carboxylic acids is 2. The summed E-state index contributed by atoms with van der Waals surface area (Å²) in [6, 6.07) is 3.50. The fourth-order valence-corrected chi connectivity index (χ4v) is 2.39. The molecule has 2 unspecified atom stereocenters. The fourth-order valence-electron chi connectivity index (χ4n) is 2.39. The minimum atomic E-state index is -0.557. The van der Waals surface area contributed by atoms with Crippen LogP contribution in [0.1, 0.15) is 25.8 Å². The molecule has 0 radical (unpaired) electrons. The first kappa shape index (κ1) is 15.3. The molecule has 2 rings (SSSR count). The molecule has 3 N–H and O–H groups in total. The molecule has 1 aromatic rings. The maximum absolute atomic E-state index is 13.6. The lowest BCUT2D eigenvalue weighted by atomic mass is 9.94. The summed E-state index contributed by atoms with van der Waals surface area (Å²) in [5.74, 6) is -0.459. The third-order valence-corrected chi connectivity index (χ3v) is 3.73. The highest BCUT2D eigenvalue weighted by molar-refractivity contribution is 5.94. The maximum Gasteiger partial charge on any atom is 0.319 e. The number of aryl methyl sites for hydroxylation is 1. The zero-order chi connectivity index (χ0) is 15.4.